The van der Waals surface area contributed by atoms with Crippen LogP contribution in [0.25, 0.3) is 0 Å². The minimum Gasteiger partial charge on any atom is -0.363 e. The van der Waals surface area contributed by atoms with E-state index in [-0.39, 0.29) is 0 Å². The summed E-state index contributed by atoms with van der Waals surface area (Å²) in [6.07, 6.45) is 3.06. The zero-order valence-electron chi connectivity index (χ0n) is 8.75. The van der Waals surface area contributed by atoms with Crippen molar-refractivity contribution >= 4 is 11.6 Å². The maximum Gasteiger partial charge on any atom is 0.169 e. The van der Waals surface area contributed by atoms with E-state index in [0.29, 0.717) is 24.0 Å². The quantitative estimate of drug-likeness (QED) is 0.471. The molecular weight excluding hydrogens is 208 g/mol. The lowest BCUT2D eigenvalue weighted by Gasteiger charge is -2.03. The van der Waals surface area contributed by atoms with E-state index >= 15 is 0 Å². The summed E-state index contributed by atoms with van der Waals surface area (Å²) in [7, 11) is 1.82. The molecule has 0 amide bonds. The average molecular weight is 220 g/mol. The highest BCUT2D eigenvalue weighted by atomic mass is 15.3. The SMILES string of the molecule is Cn1cnc(CNc2cc(NN)ncn2)n1. The number of aryl methyl sites for hydroxylation is 1. The summed E-state index contributed by atoms with van der Waals surface area (Å²) in [6.45, 7) is 0.502. The molecule has 0 radical (unpaired) electrons. The maximum atomic E-state index is 5.23. The number of hydrazine groups is 1. The molecule has 0 aliphatic heterocycles. The number of aromatic nitrogens is 5. The second-order valence-electron chi connectivity index (χ2n) is 3.12. The molecule has 0 fully saturated rings. The van der Waals surface area contributed by atoms with Crippen LogP contribution < -0.4 is 16.6 Å². The van der Waals surface area contributed by atoms with Gasteiger partial charge in [-0.1, -0.05) is 0 Å². The van der Waals surface area contributed by atoms with Crippen molar-refractivity contribution in [3.05, 3.63) is 24.5 Å². The summed E-state index contributed by atoms with van der Waals surface area (Å²) in [6, 6.07) is 1.70. The fraction of sp³-hybridized carbons (Fsp3) is 0.250. The summed E-state index contributed by atoms with van der Waals surface area (Å²) in [5, 5.41) is 7.19. The highest BCUT2D eigenvalue weighted by Gasteiger charge is 2.00. The molecule has 84 valence electrons. The third-order valence-corrected chi connectivity index (χ3v) is 1.89. The molecule has 0 aliphatic rings. The van der Waals surface area contributed by atoms with Gasteiger partial charge in [0, 0.05) is 13.1 Å². The van der Waals surface area contributed by atoms with Crippen LogP contribution in [0.15, 0.2) is 18.7 Å². The molecule has 4 N–H and O–H groups in total. The second-order valence-corrected chi connectivity index (χ2v) is 3.12. The number of nitrogens with zero attached hydrogens (tertiary/aromatic N) is 5. The maximum absolute atomic E-state index is 5.23. The van der Waals surface area contributed by atoms with Crippen molar-refractivity contribution in [3.63, 3.8) is 0 Å². The number of rotatable bonds is 4. The van der Waals surface area contributed by atoms with Crippen LogP contribution in [0.3, 0.4) is 0 Å². The Labute approximate surface area is 91.9 Å². The first-order valence-electron chi connectivity index (χ1n) is 4.65. The number of hydrogen-bond acceptors (Lipinski definition) is 7. The summed E-state index contributed by atoms with van der Waals surface area (Å²) < 4.78 is 1.64. The van der Waals surface area contributed by atoms with Crippen LogP contribution in [0.1, 0.15) is 5.82 Å². The number of anilines is 2. The van der Waals surface area contributed by atoms with Crippen LogP contribution in [-0.4, -0.2) is 24.7 Å². The Bertz CT molecular complexity index is 465. The van der Waals surface area contributed by atoms with Crippen molar-refractivity contribution in [1.82, 2.24) is 24.7 Å². The highest BCUT2D eigenvalue weighted by Crippen LogP contribution is 2.07. The zero-order valence-corrected chi connectivity index (χ0v) is 8.75. The predicted molar refractivity (Wildman–Crippen MR) is 58.2 cm³/mol. The minimum atomic E-state index is 0.502. The molecule has 2 aromatic rings. The predicted octanol–water partition coefficient (Wildman–Crippen LogP) is -0.497. The van der Waals surface area contributed by atoms with Crippen LogP contribution in [0, 0.1) is 0 Å². The normalized spacial score (nSPS) is 10.1. The smallest absolute Gasteiger partial charge is 0.169 e. The topological polar surface area (TPSA) is 107 Å². The molecule has 0 aliphatic carbocycles. The zero-order chi connectivity index (χ0) is 11.4. The van der Waals surface area contributed by atoms with Crippen molar-refractivity contribution < 1.29 is 0 Å². The third-order valence-electron chi connectivity index (χ3n) is 1.89. The van der Waals surface area contributed by atoms with E-state index in [2.05, 4.69) is 30.8 Å². The average Bonchev–Trinajstić information content (AvgIpc) is 2.73. The van der Waals surface area contributed by atoms with Crippen molar-refractivity contribution in [2.24, 2.45) is 12.9 Å². The van der Waals surface area contributed by atoms with Gasteiger partial charge in [-0.2, -0.15) is 5.10 Å². The summed E-state index contributed by atoms with van der Waals surface area (Å²) in [5.41, 5.74) is 2.44. The first kappa shape index (κ1) is 10.3. The van der Waals surface area contributed by atoms with Crippen LogP contribution in [-0.2, 0) is 13.6 Å². The van der Waals surface area contributed by atoms with Gasteiger partial charge in [0.2, 0.25) is 0 Å². The number of nitrogens with one attached hydrogen (secondary N) is 2. The van der Waals surface area contributed by atoms with Crippen molar-refractivity contribution in [3.8, 4) is 0 Å². The van der Waals surface area contributed by atoms with E-state index in [9.17, 15) is 0 Å². The second kappa shape index (κ2) is 4.53. The first-order valence-corrected chi connectivity index (χ1v) is 4.65. The van der Waals surface area contributed by atoms with E-state index in [0.717, 1.165) is 0 Å². The number of nitrogens with two attached hydrogens (primary N) is 1. The Morgan fingerprint density at radius 2 is 2.12 bits per heavy atom. The summed E-state index contributed by atoms with van der Waals surface area (Å²) in [4.78, 5) is 12.0. The Morgan fingerprint density at radius 3 is 2.81 bits per heavy atom. The molecule has 2 heterocycles. The summed E-state index contributed by atoms with van der Waals surface area (Å²) in [5.74, 6) is 7.14. The van der Waals surface area contributed by atoms with E-state index in [1.54, 1.807) is 17.1 Å². The van der Waals surface area contributed by atoms with E-state index in [1.165, 1.54) is 6.33 Å². The number of hydrogen-bond donors (Lipinski definition) is 3. The standard InChI is InChI=1S/C8H12N8/c1-16-5-13-8(15-16)3-10-6-2-7(14-9)12-4-11-6/h2,4-5H,3,9H2,1H3,(H2,10,11,12,14). The molecule has 0 saturated carbocycles. The van der Waals surface area contributed by atoms with Crippen LogP contribution in [0.2, 0.25) is 0 Å². The Kier molecular flexibility index (Phi) is 2.92. The number of nitrogen functional groups attached to an aromatic ring is 1. The minimum absolute atomic E-state index is 0.502. The third kappa shape index (κ3) is 2.42. The monoisotopic (exact) mass is 220 g/mol. The molecule has 0 unspecified atom stereocenters. The van der Waals surface area contributed by atoms with Gasteiger partial charge in [-0.25, -0.2) is 20.8 Å². The van der Waals surface area contributed by atoms with Crippen LogP contribution >= 0.6 is 0 Å². The highest BCUT2D eigenvalue weighted by molar-refractivity contribution is 5.45. The Hall–Kier alpha value is -2.22. The van der Waals surface area contributed by atoms with Gasteiger partial charge in [0.05, 0.1) is 6.54 Å². The molecule has 2 rings (SSSR count). The Balaban J connectivity index is 1.99. The molecule has 8 heteroatoms. The molecular formula is C8H12N8. The molecule has 2 aromatic heterocycles. The van der Waals surface area contributed by atoms with Gasteiger partial charge in [0.1, 0.15) is 24.3 Å². The summed E-state index contributed by atoms with van der Waals surface area (Å²) >= 11 is 0. The fourth-order valence-corrected chi connectivity index (χ4v) is 1.17. The fourth-order valence-electron chi connectivity index (χ4n) is 1.17. The van der Waals surface area contributed by atoms with Crippen molar-refractivity contribution in [2.75, 3.05) is 10.7 Å². The largest absolute Gasteiger partial charge is 0.363 e. The van der Waals surface area contributed by atoms with Gasteiger partial charge in [0.25, 0.3) is 0 Å². The van der Waals surface area contributed by atoms with Gasteiger partial charge in [-0.3, -0.25) is 4.68 Å². The molecule has 0 aromatic carbocycles. The first-order chi connectivity index (χ1) is 7.78. The van der Waals surface area contributed by atoms with Gasteiger partial charge in [0.15, 0.2) is 5.82 Å². The van der Waals surface area contributed by atoms with Crippen molar-refractivity contribution in [2.45, 2.75) is 6.54 Å². The molecule has 0 atom stereocenters. The Morgan fingerprint density at radius 1 is 1.31 bits per heavy atom. The molecule has 0 bridgehead atoms. The van der Waals surface area contributed by atoms with Gasteiger partial charge < -0.3 is 10.7 Å². The molecule has 0 spiro atoms. The van der Waals surface area contributed by atoms with Crippen LogP contribution in [0.5, 0.6) is 0 Å². The van der Waals surface area contributed by atoms with Crippen LogP contribution in [0.4, 0.5) is 11.6 Å². The van der Waals surface area contributed by atoms with Gasteiger partial charge in [-0.15, -0.1) is 0 Å². The van der Waals surface area contributed by atoms with E-state index in [4.69, 9.17) is 5.84 Å². The van der Waals surface area contributed by atoms with Crippen molar-refractivity contribution in [1.29, 1.82) is 0 Å². The lowest BCUT2D eigenvalue weighted by atomic mass is 10.5. The van der Waals surface area contributed by atoms with Gasteiger partial charge in [-0.05, 0) is 0 Å². The van der Waals surface area contributed by atoms with E-state index < -0.39 is 0 Å². The lowest BCUT2D eigenvalue weighted by Crippen LogP contribution is -2.10. The molecule has 0 saturated heterocycles. The lowest BCUT2D eigenvalue weighted by molar-refractivity contribution is 0.747. The van der Waals surface area contributed by atoms with E-state index in [1.807, 2.05) is 7.05 Å². The molecule has 16 heavy (non-hydrogen) atoms. The van der Waals surface area contributed by atoms with Gasteiger partial charge >= 0.3 is 0 Å². The molecule has 8 nitrogen and oxygen atoms in total.